The van der Waals surface area contributed by atoms with Gasteiger partial charge in [0.2, 0.25) is 5.91 Å². The summed E-state index contributed by atoms with van der Waals surface area (Å²) >= 11 is 1.30. The van der Waals surface area contributed by atoms with Crippen molar-refractivity contribution in [1.29, 1.82) is 0 Å². The maximum atomic E-state index is 13.1. The minimum atomic E-state index is -0.850. The van der Waals surface area contributed by atoms with Gasteiger partial charge in [0.15, 0.2) is 0 Å². The summed E-state index contributed by atoms with van der Waals surface area (Å²) in [7, 11) is 0. The molecule has 136 valence electrons. The monoisotopic (exact) mass is 374 g/mol. The fraction of sp³-hybridized carbons (Fsp3) is 0.316. The number of imide groups is 1. The van der Waals surface area contributed by atoms with Gasteiger partial charge in [0.25, 0.3) is 11.8 Å². The van der Waals surface area contributed by atoms with E-state index in [0.29, 0.717) is 17.0 Å². The highest BCUT2D eigenvalue weighted by molar-refractivity contribution is 7.12. The molecule has 0 bridgehead atoms. The first-order valence-corrected chi connectivity index (χ1v) is 9.30. The predicted molar refractivity (Wildman–Crippen MR) is 97.5 cm³/mol. The molecule has 0 N–H and O–H groups in total. The van der Waals surface area contributed by atoms with Crippen molar-refractivity contribution in [3.8, 4) is 0 Å². The molecule has 1 saturated heterocycles. The lowest BCUT2D eigenvalue weighted by Crippen LogP contribution is -2.49. The summed E-state index contributed by atoms with van der Waals surface area (Å²) in [6, 6.07) is 7.63. The van der Waals surface area contributed by atoms with E-state index in [1.165, 1.54) is 40.5 Å². The number of nitrogens with zero attached hydrogens (tertiary/aromatic N) is 2. The third kappa shape index (κ3) is 3.26. The minimum Gasteiger partial charge on any atom is -0.323 e. The van der Waals surface area contributed by atoms with E-state index in [-0.39, 0.29) is 24.3 Å². The van der Waals surface area contributed by atoms with E-state index in [1.54, 1.807) is 17.5 Å². The number of halogens is 1. The Balaban J connectivity index is 1.93. The van der Waals surface area contributed by atoms with Gasteiger partial charge in [-0.3, -0.25) is 14.4 Å². The lowest BCUT2D eigenvalue weighted by Gasteiger charge is -2.32. The zero-order valence-corrected chi connectivity index (χ0v) is 15.3. The van der Waals surface area contributed by atoms with E-state index in [4.69, 9.17) is 0 Å². The van der Waals surface area contributed by atoms with Gasteiger partial charge in [-0.05, 0) is 49.1 Å². The highest BCUT2D eigenvalue weighted by atomic mass is 32.1. The van der Waals surface area contributed by atoms with Crippen molar-refractivity contribution in [2.24, 2.45) is 0 Å². The summed E-state index contributed by atoms with van der Waals surface area (Å²) in [6.07, 6.45) is 0.587. The van der Waals surface area contributed by atoms with Crippen LogP contribution in [0, 0.1) is 5.82 Å². The predicted octanol–water partition coefficient (Wildman–Crippen LogP) is 3.46. The Kier molecular flexibility index (Phi) is 5.18. The molecule has 1 aromatic heterocycles. The van der Waals surface area contributed by atoms with Crippen molar-refractivity contribution in [1.82, 2.24) is 4.90 Å². The third-order valence-corrected chi connectivity index (χ3v) is 5.43. The Morgan fingerprint density at radius 3 is 2.58 bits per heavy atom. The summed E-state index contributed by atoms with van der Waals surface area (Å²) < 4.78 is 13.1. The Morgan fingerprint density at radius 1 is 1.31 bits per heavy atom. The topological polar surface area (TPSA) is 57.7 Å². The Morgan fingerprint density at radius 2 is 2.00 bits per heavy atom. The van der Waals surface area contributed by atoms with Crippen LogP contribution in [0.25, 0.3) is 0 Å². The first kappa shape index (κ1) is 18.3. The molecule has 1 aliphatic heterocycles. The first-order valence-electron chi connectivity index (χ1n) is 8.42. The number of rotatable bonds is 5. The number of amides is 3. The standard InChI is InChI=1S/C19H19FN2O3S/c1-3-12(2)21(19(25)16-5-4-10-26-16)15-11-17(23)22(18(15)24)14-8-6-13(20)7-9-14/h4-10,12,15H,3,11H2,1-2H3. The summed E-state index contributed by atoms with van der Waals surface area (Å²) in [6.45, 7) is 3.79. The van der Waals surface area contributed by atoms with Crippen LogP contribution in [0.4, 0.5) is 10.1 Å². The molecule has 0 saturated carbocycles. The van der Waals surface area contributed by atoms with E-state index in [1.807, 2.05) is 13.8 Å². The molecule has 5 nitrogen and oxygen atoms in total. The van der Waals surface area contributed by atoms with Crippen LogP contribution < -0.4 is 4.90 Å². The van der Waals surface area contributed by atoms with Gasteiger partial charge in [0.1, 0.15) is 11.9 Å². The molecule has 1 aliphatic rings. The maximum absolute atomic E-state index is 13.1. The van der Waals surface area contributed by atoms with Crippen molar-refractivity contribution < 1.29 is 18.8 Å². The van der Waals surface area contributed by atoms with Crippen LogP contribution >= 0.6 is 11.3 Å². The highest BCUT2D eigenvalue weighted by Gasteiger charge is 2.45. The number of carbonyl (C=O) groups excluding carboxylic acids is 3. The van der Waals surface area contributed by atoms with Crippen molar-refractivity contribution in [2.45, 2.75) is 38.8 Å². The SMILES string of the molecule is CCC(C)N(C(=O)c1cccs1)C1CC(=O)N(c2ccc(F)cc2)C1=O. The van der Waals surface area contributed by atoms with Crippen molar-refractivity contribution in [3.05, 3.63) is 52.5 Å². The van der Waals surface area contributed by atoms with E-state index in [2.05, 4.69) is 0 Å². The fourth-order valence-corrected chi connectivity index (χ4v) is 3.73. The Bertz CT molecular complexity index is 820. The van der Waals surface area contributed by atoms with E-state index < -0.39 is 17.8 Å². The van der Waals surface area contributed by atoms with Gasteiger partial charge < -0.3 is 4.90 Å². The van der Waals surface area contributed by atoms with E-state index >= 15 is 0 Å². The number of anilines is 1. The van der Waals surface area contributed by atoms with E-state index in [9.17, 15) is 18.8 Å². The number of carbonyl (C=O) groups is 3. The highest BCUT2D eigenvalue weighted by Crippen LogP contribution is 2.29. The van der Waals surface area contributed by atoms with Crippen molar-refractivity contribution in [2.75, 3.05) is 4.90 Å². The number of thiophene rings is 1. The minimum absolute atomic E-state index is 0.0718. The number of hydrogen-bond acceptors (Lipinski definition) is 4. The number of hydrogen-bond donors (Lipinski definition) is 0. The Hall–Kier alpha value is -2.54. The zero-order chi connectivity index (χ0) is 18.8. The van der Waals surface area contributed by atoms with Crippen molar-refractivity contribution >= 4 is 34.7 Å². The summed E-state index contributed by atoms with van der Waals surface area (Å²) in [4.78, 5) is 41.5. The van der Waals surface area contributed by atoms with Gasteiger partial charge in [0, 0.05) is 6.04 Å². The van der Waals surface area contributed by atoms with Gasteiger partial charge in [-0.1, -0.05) is 13.0 Å². The molecule has 1 fully saturated rings. The average Bonchev–Trinajstić information content (AvgIpc) is 3.25. The fourth-order valence-electron chi connectivity index (χ4n) is 3.07. The summed E-state index contributed by atoms with van der Waals surface area (Å²) in [5.41, 5.74) is 0.316. The smallest absolute Gasteiger partial charge is 0.264 e. The third-order valence-electron chi connectivity index (χ3n) is 4.58. The second-order valence-electron chi connectivity index (χ2n) is 6.21. The molecule has 3 amide bonds. The van der Waals surface area contributed by atoms with Crippen LogP contribution in [0.1, 0.15) is 36.4 Å². The average molecular weight is 374 g/mol. The molecule has 7 heteroatoms. The molecule has 2 unspecified atom stereocenters. The molecule has 0 radical (unpaired) electrons. The zero-order valence-electron chi connectivity index (χ0n) is 14.5. The van der Waals surface area contributed by atoms with Crippen LogP contribution in [0.5, 0.6) is 0 Å². The van der Waals surface area contributed by atoms with Crippen LogP contribution in [-0.2, 0) is 9.59 Å². The second-order valence-corrected chi connectivity index (χ2v) is 7.16. The molecule has 2 heterocycles. The summed E-state index contributed by atoms with van der Waals surface area (Å²) in [5, 5.41) is 1.80. The molecule has 2 atom stereocenters. The molecule has 0 aliphatic carbocycles. The van der Waals surface area contributed by atoms with Crippen LogP contribution in [-0.4, -0.2) is 34.7 Å². The largest absolute Gasteiger partial charge is 0.323 e. The van der Waals surface area contributed by atoms with Crippen molar-refractivity contribution in [3.63, 3.8) is 0 Å². The second kappa shape index (κ2) is 7.37. The van der Waals surface area contributed by atoms with Crippen LogP contribution in [0.15, 0.2) is 41.8 Å². The summed E-state index contributed by atoms with van der Waals surface area (Å²) in [5.74, 6) is -1.54. The van der Waals surface area contributed by atoms with E-state index in [0.717, 1.165) is 4.90 Å². The van der Waals surface area contributed by atoms with Gasteiger partial charge in [-0.15, -0.1) is 11.3 Å². The van der Waals surface area contributed by atoms with Gasteiger partial charge in [-0.2, -0.15) is 0 Å². The lowest BCUT2D eigenvalue weighted by atomic mass is 10.1. The van der Waals surface area contributed by atoms with Gasteiger partial charge >= 0.3 is 0 Å². The molecular weight excluding hydrogens is 355 g/mol. The van der Waals surface area contributed by atoms with Gasteiger partial charge in [-0.25, -0.2) is 9.29 Å². The normalized spacial score (nSPS) is 18.3. The molecule has 0 spiro atoms. The molecule has 2 aromatic rings. The molecule has 3 rings (SSSR count). The van der Waals surface area contributed by atoms with Crippen LogP contribution in [0.3, 0.4) is 0 Å². The Labute approximate surface area is 155 Å². The first-order chi connectivity index (χ1) is 12.4. The van der Waals surface area contributed by atoms with Crippen LogP contribution in [0.2, 0.25) is 0 Å². The molecular formula is C19H19FN2O3S. The molecule has 1 aromatic carbocycles. The quantitative estimate of drug-likeness (QED) is 0.753. The van der Waals surface area contributed by atoms with Gasteiger partial charge in [0.05, 0.1) is 17.0 Å². The maximum Gasteiger partial charge on any atom is 0.264 e. The lowest BCUT2D eigenvalue weighted by molar-refractivity contribution is -0.122. The molecule has 26 heavy (non-hydrogen) atoms. The number of benzene rings is 1.